The molecule has 1 aromatic heterocycles. The van der Waals surface area contributed by atoms with Crippen LogP contribution in [0.4, 0.5) is 11.5 Å². The Morgan fingerprint density at radius 1 is 1.20 bits per heavy atom. The van der Waals surface area contributed by atoms with Gasteiger partial charge in [0.05, 0.1) is 5.56 Å². The topological polar surface area (TPSA) is 80.0 Å². The average Bonchev–Trinajstić information content (AvgIpc) is 2.37. The number of pyridine rings is 1. The lowest BCUT2D eigenvalue weighted by Crippen LogP contribution is -2.18. The predicted molar refractivity (Wildman–Crippen MR) is 83.6 cm³/mol. The second kappa shape index (κ2) is 6.02. The molecule has 1 amide bonds. The van der Waals surface area contributed by atoms with Crippen molar-refractivity contribution in [1.29, 1.82) is 0 Å². The summed E-state index contributed by atoms with van der Waals surface area (Å²) in [5.41, 5.74) is 5.72. The third-order valence-electron chi connectivity index (χ3n) is 2.72. The summed E-state index contributed by atoms with van der Waals surface area (Å²) in [7, 11) is 0. The van der Waals surface area contributed by atoms with Crippen LogP contribution in [0.5, 0.6) is 0 Å². The van der Waals surface area contributed by atoms with Gasteiger partial charge in [-0.1, -0.05) is 6.07 Å². The molecule has 1 aromatic carbocycles. The number of hydrogen-bond acceptors (Lipinski definition) is 4. The fourth-order valence-electron chi connectivity index (χ4n) is 1.97. The van der Waals surface area contributed by atoms with Crippen LogP contribution in [0.3, 0.4) is 0 Å². The summed E-state index contributed by atoms with van der Waals surface area (Å²) in [5.74, 6) is 5.43. The van der Waals surface area contributed by atoms with Gasteiger partial charge in [-0.25, -0.2) is 10.8 Å². The maximum Gasteiger partial charge on any atom is 0.259 e. The van der Waals surface area contributed by atoms with Crippen LogP contribution in [0, 0.1) is 13.8 Å². The second-order valence-corrected chi connectivity index (χ2v) is 5.44. The van der Waals surface area contributed by atoms with E-state index in [1.165, 1.54) is 0 Å². The summed E-state index contributed by atoms with van der Waals surface area (Å²) in [5, 5.41) is 2.85. The molecule has 0 fully saturated rings. The van der Waals surface area contributed by atoms with Gasteiger partial charge in [0, 0.05) is 16.4 Å². The highest BCUT2D eigenvalue weighted by Crippen LogP contribution is 2.20. The fraction of sp³-hybridized carbons (Fsp3) is 0.143. The van der Waals surface area contributed by atoms with Gasteiger partial charge >= 0.3 is 0 Å². The Bertz CT molecular complexity index is 637. The van der Waals surface area contributed by atoms with Crippen LogP contribution in [-0.4, -0.2) is 10.9 Å². The molecule has 2 rings (SSSR count). The molecule has 0 saturated heterocycles. The molecule has 20 heavy (non-hydrogen) atoms. The SMILES string of the molecule is Cc1cc(C)cc(NC(=O)c2cc(Br)cnc2NN)c1. The first-order chi connectivity index (χ1) is 9.49. The highest BCUT2D eigenvalue weighted by Gasteiger charge is 2.13. The number of nitrogen functional groups attached to an aromatic ring is 1. The molecule has 0 aliphatic rings. The number of benzene rings is 1. The summed E-state index contributed by atoms with van der Waals surface area (Å²) >= 11 is 3.29. The minimum Gasteiger partial charge on any atom is -0.322 e. The van der Waals surface area contributed by atoms with Crippen molar-refractivity contribution >= 4 is 33.3 Å². The van der Waals surface area contributed by atoms with Crippen molar-refractivity contribution < 1.29 is 4.79 Å². The van der Waals surface area contributed by atoms with Gasteiger partial charge in [-0.15, -0.1) is 0 Å². The molecule has 4 N–H and O–H groups in total. The maximum absolute atomic E-state index is 12.3. The second-order valence-electron chi connectivity index (χ2n) is 4.52. The van der Waals surface area contributed by atoms with Crippen molar-refractivity contribution in [3.63, 3.8) is 0 Å². The number of carbonyl (C=O) groups excluding carboxylic acids is 1. The summed E-state index contributed by atoms with van der Waals surface area (Å²) in [4.78, 5) is 16.4. The van der Waals surface area contributed by atoms with E-state index in [0.717, 1.165) is 16.8 Å². The zero-order chi connectivity index (χ0) is 14.7. The zero-order valence-electron chi connectivity index (χ0n) is 11.2. The number of halogens is 1. The van der Waals surface area contributed by atoms with Crippen molar-refractivity contribution in [2.45, 2.75) is 13.8 Å². The molecule has 0 atom stereocenters. The molecule has 0 saturated carbocycles. The summed E-state index contributed by atoms with van der Waals surface area (Å²) in [6.45, 7) is 3.96. The first-order valence-corrected chi connectivity index (χ1v) is 6.80. The average molecular weight is 335 g/mol. The van der Waals surface area contributed by atoms with Gasteiger partial charge in [0.1, 0.15) is 0 Å². The van der Waals surface area contributed by atoms with E-state index in [1.807, 2.05) is 32.0 Å². The van der Waals surface area contributed by atoms with Crippen LogP contribution in [0.15, 0.2) is 34.9 Å². The number of nitrogens with one attached hydrogen (secondary N) is 2. The lowest BCUT2D eigenvalue weighted by molar-refractivity contribution is 0.102. The minimum absolute atomic E-state index is 0.267. The third-order valence-corrected chi connectivity index (χ3v) is 3.15. The van der Waals surface area contributed by atoms with Gasteiger partial charge in [-0.05, 0) is 59.1 Å². The summed E-state index contributed by atoms with van der Waals surface area (Å²) < 4.78 is 0.710. The minimum atomic E-state index is -0.267. The number of nitrogens with two attached hydrogens (primary N) is 1. The molecule has 0 bridgehead atoms. The lowest BCUT2D eigenvalue weighted by Gasteiger charge is -2.10. The standard InChI is InChI=1S/C14H15BrN4O/c1-8-3-9(2)5-11(4-8)18-14(20)12-6-10(15)7-17-13(12)19-16/h3-7H,16H2,1-2H3,(H,17,19)(H,18,20). The van der Waals surface area contributed by atoms with Crippen LogP contribution in [-0.2, 0) is 0 Å². The highest BCUT2D eigenvalue weighted by atomic mass is 79.9. The molecule has 5 nitrogen and oxygen atoms in total. The Hall–Kier alpha value is -1.92. The molecular formula is C14H15BrN4O. The number of amides is 1. The smallest absolute Gasteiger partial charge is 0.259 e. The molecule has 0 spiro atoms. The van der Waals surface area contributed by atoms with Crippen LogP contribution in [0.1, 0.15) is 21.5 Å². The molecule has 6 heteroatoms. The van der Waals surface area contributed by atoms with Crippen LogP contribution >= 0.6 is 15.9 Å². The van der Waals surface area contributed by atoms with Gasteiger partial charge in [-0.3, -0.25) is 4.79 Å². The van der Waals surface area contributed by atoms with E-state index in [1.54, 1.807) is 12.3 Å². The van der Waals surface area contributed by atoms with Crippen molar-refractivity contribution in [2.24, 2.45) is 5.84 Å². The number of carbonyl (C=O) groups is 1. The van der Waals surface area contributed by atoms with Gasteiger partial charge in [-0.2, -0.15) is 0 Å². The van der Waals surface area contributed by atoms with Gasteiger partial charge in [0.2, 0.25) is 0 Å². The Kier molecular flexibility index (Phi) is 4.36. The third kappa shape index (κ3) is 3.34. The summed E-state index contributed by atoms with van der Waals surface area (Å²) in [6.07, 6.45) is 1.57. The van der Waals surface area contributed by atoms with Gasteiger partial charge in [0.25, 0.3) is 5.91 Å². The highest BCUT2D eigenvalue weighted by molar-refractivity contribution is 9.10. The monoisotopic (exact) mass is 334 g/mol. The van der Waals surface area contributed by atoms with Crippen molar-refractivity contribution in [3.05, 3.63) is 51.6 Å². The van der Waals surface area contributed by atoms with Crippen molar-refractivity contribution in [3.8, 4) is 0 Å². The number of hydrogen-bond donors (Lipinski definition) is 3. The fourth-order valence-corrected chi connectivity index (χ4v) is 2.30. The summed E-state index contributed by atoms with van der Waals surface area (Å²) in [6, 6.07) is 7.53. The Labute approximate surface area is 125 Å². The molecular weight excluding hydrogens is 320 g/mol. The lowest BCUT2D eigenvalue weighted by atomic mass is 10.1. The van der Waals surface area contributed by atoms with Crippen LogP contribution in [0.25, 0.3) is 0 Å². The molecule has 1 heterocycles. The molecule has 0 radical (unpaired) electrons. The van der Waals surface area contributed by atoms with E-state index in [0.29, 0.717) is 15.9 Å². The first-order valence-electron chi connectivity index (χ1n) is 6.01. The number of nitrogens with zero attached hydrogens (tertiary/aromatic N) is 1. The number of rotatable bonds is 3. The van der Waals surface area contributed by atoms with Crippen molar-refractivity contribution in [1.82, 2.24) is 4.98 Å². The normalized spacial score (nSPS) is 10.2. The molecule has 0 unspecified atom stereocenters. The first kappa shape index (κ1) is 14.5. The quantitative estimate of drug-likeness (QED) is 0.595. The van der Waals surface area contributed by atoms with E-state index in [9.17, 15) is 4.79 Å². The van der Waals surface area contributed by atoms with E-state index in [4.69, 9.17) is 5.84 Å². The van der Waals surface area contributed by atoms with Crippen molar-refractivity contribution in [2.75, 3.05) is 10.7 Å². The molecule has 0 aliphatic carbocycles. The molecule has 2 aromatic rings. The van der Waals surface area contributed by atoms with E-state index < -0.39 is 0 Å². The number of aromatic nitrogens is 1. The largest absolute Gasteiger partial charge is 0.322 e. The Morgan fingerprint density at radius 3 is 2.45 bits per heavy atom. The van der Waals surface area contributed by atoms with Crippen LogP contribution in [0.2, 0.25) is 0 Å². The van der Waals surface area contributed by atoms with E-state index in [-0.39, 0.29) is 5.91 Å². The number of aryl methyl sites for hydroxylation is 2. The van der Waals surface area contributed by atoms with Gasteiger partial charge in [0.15, 0.2) is 5.82 Å². The Balaban J connectivity index is 2.30. The van der Waals surface area contributed by atoms with Gasteiger partial charge < -0.3 is 10.7 Å². The van der Waals surface area contributed by atoms with E-state index in [2.05, 4.69) is 31.7 Å². The number of anilines is 2. The Morgan fingerprint density at radius 2 is 1.85 bits per heavy atom. The zero-order valence-corrected chi connectivity index (χ0v) is 12.8. The predicted octanol–water partition coefficient (Wildman–Crippen LogP) is 3.00. The molecule has 0 aliphatic heterocycles. The van der Waals surface area contributed by atoms with Crippen LogP contribution < -0.4 is 16.6 Å². The molecule has 104 valence electrons. The maximum atomic E-state index is 12.3. The number of hydrazine groups is 1. The van der Waals surface area contributed by atoms with E-state index >= 15 is 0 Å².